The molecule has 0 unspecified atom stereocenters. The van der Waals surface area contributed by atoms with E-state index in [-0.39, 0.29) is 11.3 Å². The molecule has 0 saturated heterocycles. The molecule has 0 bridgehead atoms. The van der Waals surface area contributed by atoms with Gasteiger partial charge in [-0.3, -0.25) is 4.79 Å². The van der Waals surface area contributed by atoms with E-state index in [9.17, 15) is 4.79 Å². The summed E-state index contributed by atoms with van der Waals surface area (Å²) in [5.41, 5.74) is 2.26. The first-order valence-corrected chi connectivity index (χ1v) is 10.1. The van der Waals surface area contributed by atoms with Gasteiger partial charge in [0, 0.05) is 6.42 Å². The first kappa shape index (κ1) is 20.1. The highest BCUT2D eigenvalue weighted by Gasteiger charge is 2.15. The number of fused-ring (bicyclic) bond motifs is 1. The Morgan fingerprint density at radius 2 is 1.82 bits per heavy atom. The van der Waals surface area contributed by atoms with Gasteiger partial charge in [0.25, 0.3) is 0 Å². The summed E-state index contributed by atoms with van der Waals surface area (Å²) >= 11 is 1.51. The van der Waals surface area contributed by atoms with E-state index in [1.165, 1.54) is 16.9 Å². The maximum absolute atomic E-state index is 12.2. The highest BCUT2D eigenvalue weighted by molar-refractivity contribution is 7.22. The molecule has 0 aliphatic carbocycles. The fraction of sp³-hybridized carbons (Fsp3) is 0.364. The van der Waals surface area contributed by atoms with Gasteiger partial charge in [-0.1, -0.05) is 38.2 Å². The number of thiazole rings is 1. The van der Waals surface area contributed by atoms with Crippen LogP contribution in [0.3, 0.4) is 0 Å². The monoisotopic (exact) mass is 398 g/mol. The van der Waals surface area contributed by atoms with Crippen LogP contribution in [0.5, 0.6) is 11.5 Å². The number of carbonyl (C=O) groups is 1. The van der Waals surface area contributed by atoms with E-state index in [0.29, 0.717) is 24.6 Å². The summed E-state index contributed by atoms with van der Waals surface area (Å²) in [6.45, 7) is 7.04. The molecule has 1 amide bonds. The molecule has 3 rings (SSSR count). The van der Waals surface area contributed by atoms with Gasteiger partial charge in [0.2, 0.25) is 5.91 Å². The van der Waals surface area contributed by atoms with E-state index in [1.807, 2.05) is 30.3 Å². The molecule has 1 N–H and O–H groups in total. The van der Waals surface area contributed by atoms with E-state index in [1.54, 1.807) is 7.11 Å². The lowest BCUT2D eigenvalue weighted by molar-refractivity contribution is -0.116. The van der Waals surface area contributed by atoms with Gasteiger partial charge in [0.05, 0.1) is 23.9 Å². The zero-order chi connectivity index (χ0) is 20.1. The van der Waals surface area contributed by atoms with Gasteiger partial charge in [0.1, 0.15) is 11.5 Å². The van der Waals surface area contributed by atoms with Gasteiger partial charge in [-0.05, 0) is 53.8 Å². The van der Waals surface area contributed by atoms with Crippen molar-refractivity contribution in [3.8, 4) is 11.5 Å². The number of nitrogens with zero attached hydrogens (tertiary/aromatic N) is 1. The summed E-state index contributed by atoms with van der Waals surface area (Å²) in [6.07, 6.45) is 1.02. The number of amides is 1. The minimum absolute atomic E-state index is 0.0477. The SMILES string of the molecule is COc1ccc(OCCCC(=O)Nc2nc3ccc(C(C)(C)C)cc3s2)cc1. The Balaban J connectivity index is 1.49. The number of hydrogen-bond acceptors (Lipinski definition) is 5. The van der Waals surface area contributed by atoms with Gasteiger partial charge in [0.15, 0.2) is 5.13 Å². The van der Waals surface area contributed by atoms with Crippen molar-refractivity contribution in [2.75, 3.05) is 19.0 Å². The molecular weight excluding hydrogens is 372 g/mol. The summed E-state index contributed by atoms with van der Waals surface area (Å²) in [4.78, 5) is 16.7. The van der Waals surface area contributed by atoms with Crippen molar-refractivity contribution in [1.29, 1.82) is 0 Å². The number of aromatic nitrogens is 1. The van der Waals surface area contributed by atoms with Crippen molar-refractivity contribution in [3.63, 3.8) is 0 Å². The molecule has 0 spiro atoms. The third-order valence-corrected chi connectivity index (χ3v) is 5.31. The number of benzene rings is 2. The fourth-order valence-corrected chi connectivity index (χ4v) is 3.64. The van der Waals surface area contributed by atoms with Crippen LogP contribution in [-0.2, 0) is 10.2 Å². The molecule has 0 radical (unpaired) electrons. The minimum Gasteiger partial charge on any atom is -0.497 e. The molecule has 148 valence electrons. The van der Waals surface area contributed by atoms with Crippen LogP contribution < -0.4 is 14.8 Å². The molecule has 0 fully saturated rings. The van der Waals surface area contributed by atoms with E-state index in [4.69, 9.17) is 9.47 Å². The van der Waals surface area contributed by atoms with Gasteiger partial charge in [-0.15, -0.1) is 0 Å². The van der Waals surface area contributed by atoms with Crippen LogP contribution in [0, 0.1) is 0 Å². The average molecular weight is 399 g/mol. The van der Waals surface area contributed by atoms with E-state index in [2.05, 4.69) is 43.2 Å². The van der Waals surface area contributed by atoms with Crippen LogP contribution >= 0.6 is 11.3 Å². The molecule has 5 nitrogen and oxygen atoms in total. The third-order valence-electron chi connectivity index (χ3n) is 4.38. The summed E-state index contributed by atoms with van der Waals surface area (Å²) in [5, 5.41) is 3.54. The lowest BCUT2D eigenvalue weighted by atomic mass is 9.87. The first-order valence-electron chi connectivity index (χ1n) is 9.33. The van der Waals surface area contributed by atoms with Crippen LogP contribution in [-0.4, -0.2) is 24.6 Å². The van der Waals surface area contributed by atoms with Crippen molar-refractivity contribution >= 4 is 32.6 Å². The molecular formula is C22H26N2O3S. The standard InChI is InChI=1S/C22H26N2O3S/c1-22(2,3)15-7-12-18-19(14-15)28-21(23-18)24-20(25)6-5-13-27-17-10-8-16(26-4)9-11-17/h7-12,14H,5-6,13H2,1-4H3,(H,23,24,25). The Morgan fingerprint density at radius 3 is 2.50 bits per heavy atom. The number of carbonyl (C=O) groups excluding carboxylic acids is 1. The molecule has 0 atom stereocenters. The molecule has 0 aliphatic rings. The van der Waals surface area contributed by atoms with Crippen molar-refractivity contribution in [2.24, 2.45) is 0 Å². The highest BCUT2D eigenvalue weighted by atomic mass is 32.1. The van der Waals surface area contributed by atoms with E-state index in [0.717, 1.165) is 21.7 Å². The molecule has 1 heterocycles. The maximum Gasteiger partial charge on any atom is 0.226 e. The summed E-state index contributed by atoms with van der Waals surface area (Å²) in [6, 6.07) is 13.7. The van der Waals surface area contributed by atoms with Crippen molar-refractivity contribution < 1.29 is 14.3 Å². The predicted octanol–water partition coefficient (Wildman–Crippen LogP) is 5.40. The minimum atomic E-state index is -0.0477. The number of hydrogen-bond donors (Lipinski definition) is 1. The average Bonchev–Trinajstić information content (AvgIpc) is 3.06. The number of anilines is 1. The maximum atomic E-state index is 12.2. The second-order valence-electron chi connectivity index (χ2n) is 7.63. The third kappa shape index (κ3) is 5.23. The van der Waals surface area contributed by atoms with Crippen molar-refractivity contribution in [1.82, 2.24) is 4.98 Å². The Bertz CT molecular complexity index is 943. The van der Waals surface area contributed by atoms with Crippen LogP contribution in [0.2, 0.25) is 0 Å². The van der Waals surface area contributed by atoms with Gasteiger partial charge in [-0.25, -0.2) is 4.98 Å². The molecule has 3 aromatic rings. The zero-order valence-electron chi connectivity index (χ0n) is 16.7. The molecule has 0 saturated carbocycles. The molecule has 2 aromatic carbocycles. The quantitative estimate of drug-likeness (QED) is 0.541. The Kier molecular flexibility index (Phi) is 6.19. The Labute approximate surface area is 169 Å². The number of nitrogens with one attached hydrogen (secondary N) is 1. The number of rotatable bonds is 7. The number of ether oxygens (including phenoxy) is 2. The first-order chi connectivity index (χ1) is 13.3. The summed E-state index contributed by atoms with van der Waals surface area (Å²) < 4.78 is 11.9. The Morgan fingerprint density at radius 1 is 1.11 bits per heavy atom. The van der Waals surface area contributed by atoms with Gasteiger partial charge >= 0.3 is 0 Å². The van der Waals surface area contributed by atoms with E-state index >= 15 is 0 Å². The van der Waals surface area contributed by atoms with Crippen LogP contribution in [0.15, 0.2) is 42.5 Å². The van der Waals surface area contributed by atoms with Crippen molar-refractivity contribution in [3.05, 3.63) is 48.0 Å². The summed E-state index contributed by atoms with van der Waals surface area (Å²) in [5.74, 6) is 1.51. The second kappa shape index (κ2) is 8.61. The lowest BCUT2D eigenvalue weighted by Gasteiger charge is -2.18. The second-order valence-corrected chi connectivity index (χ2v) is 8.66. The smallest absolute Gasteiger partial charge is 0.226 e. The number of methoxy groups -OCH3 is 1. The molecule has 6 heteroatoms. The largest absolute Gasteiger partial charge is 0.497 e. The molecule has 28 heavy (non-hydrogen) atoms. The van der Waals surface area contributed by atoms with Crippen molar-refractivity contribution in [2.45, 2.75) is 39.0 Å². The van der Waals surface area contributed by atoms with Crippen LogP contribution in [0.25, 0.3) is 10.2 Å². The van der Waals surface area contributed by atoms with Crippen LogP contribution in [0.4, 0.5) is 5.13 Å². The van der Waals surface area contributed by atoms with Crippen LogP contribution in [0.1, 0.15) is 39.2 Å². The Hall–Kier alpha value is -2.60. The highest BCUT2D eigenvalue weighted by Crippen LogP contribution is 2.31. The molecule has 1 aromatic heterocycles. The fourth-order valence-electron chi connectivity index (χ4n) is 2.72. The zero-order valence-corrected chi connectivity index (χ0v) is 17.6. The topological polar surface area (TPSA) is 60.5 Å². The predicted molar refractivity (Wildman–Crippen MR) is 115 cm³/mol. The van der Waals surface area contributed by atoms with Gasteiger partial charge in [-0.2, -0.15) is 0 Å². The van der Waals surface area contributed by atoms with Gasteiger partial charge < -0.3 is 14.8 Å². The molecule has 0 aliphatic heterocycles. The summed E-state index contributed by atoms with van der Waals surface area (Å²) in [7, 11) is 1.63. The lowest BCUT2D eigenvalue weighted by Crippen LogP contribution is -2.12. The normalized spacial score (nSPS) is 11.4. The van der Waals surface area contributed by atoms with E-state index < -0.39 is 0 Å².